The van der Waals surface area contributed by atoms with Crippen molar-refractivity contribution in [3.8, 4) is 0 Å². The SMILES string of the molecule is Cc1ncsc1CCN1CCC(C)C(N)C1. The van der Waals surface area contributed by atoms with Gasteiger partial charge < -0.3 is 10.6 Å². The van der Waals surface area contributed by atoms with Crippen LogP contribution in [0.4, 0.5) is 0 Å². The maximum Gasteiger partial charge on any atom is 0.0797 e. The summed E-state index contributed by atoms with van der Waals surface area (Å²) in [6, 6.07) is 0.358. The average Bonchev–Trinajstić information content (AvgIpc) is 2.66. The minimum atomic E-state index is 0.358. The first kappa shape index (κ1) is 12.0. The van der Waals surface area contributed by atoms with Crippen molar-refractivity contribution in [1.82, 2.24) is 9.88 Å². The molecule has 0 saturated carbocycles. The number of rotatable bonds is 3. The van der Waals surface area contributed by atoms with E-state index in [-0.39, 0.29) is 0 Å². The molecule has 0 bridgehead atoms. The van der Waals surface area contributed by atoms with E-state index in [1.165, 1.54) is 23.5 Å². The fraction of sp³-hybridized carbons (Fsp3) is 0.750. The Morgan fingerprint density at radius 3 is 3.06 bits per heavy atom. The first-order valence-corrected chi connectivity index (χ1v) is 6.91. The van der Waals surface area contributed by atoms with E-state index in [0.29, 0.717) is 12.0 Å². The molecule has 2 heterocycles. The Labute approximate surface area is 102 Å². The second-order valence-electron chi connectivity index (χ2n) is 4.84. The summed E-state index contributed by atoms with van der Waals surface area (Å²) < 4.78 is 0. The number of likely N-dealkylation sites (tertiary alicyclic amines) is 1. The molecule has 1 fully saturated rings. The molecule has 0 amide bonds. The van der Waals surface area contributed by atoms with E-state index < -0.39 is 0 Å². The molecule has 0 aromatic carbocycles. The minimum absolute atomic E-state index is 0.358. The molecule has 1 aromatic rings. The van der Waals surface area contributed by atoms with Crippen LogP contribution in [0.2, 0.25) is 0 Å². The van der Waals surface area contributed by atoms with Crippen LogP contribution in [0.15, 0.2) is 5.51 Å². The van der Waals surface area contributed by atoms with Crippen LogP contribution in [-0.4, -0.2) is 35.6 Å². The lowest BCUT2D eigenvalue weighted by Crippen LogP contribution is -2.48. The molecule has 16 heavy (non-hydrogen) atoms. The number of aryl methyl sites for hydroxylation is 1. The summed E-state index contributed by atoms with van der Waals surface area (Å²) in [6.45, 7) is 7.74. The van der Waals surface area contributed by atoms with Crippen LogP contribution in [-0.2, 0) is 6.42 Å². The first-order chi connectivity index (χ1) is 7.66. The summed E-state index contributed by atoms with van der Waals surface area (Å²) in [5.41, 5.74) is 9.23. The van der Waals surface area contributed by atoms with Gasteiger partial charge >= 0.3 is 0 Å². The Balaban J connectivity index is 1.81. The Morgan fingerprint density at radius 2 is 2.44 bits per heavy atom. The Hall–Kier alpha value is -0.450. The number of hydrogen-bond donors (Lipinski definition) is 1. The molecule has 1 aliphatic rings. The third-order valence-electron chi connectivity index (χ3n) is 3.60. The quantitative estimate of drug-likeness (QED) is 0.872. The van der Waals surface area contributed by atoms with E-state index in [1.807, 2.05) is 5.51 Å². The molecule has 90 valence electrons. The third-order valence-corrected chi connectivity index (χ3v) is 4.60. The fourth-order valence-electron chi connectivity index (χ4n) is 2.20. The molecular formula is C12H21N3S. The van der Waals surface area contributed by atoms with Gasteiger partial charge in [0, 0.05) is 24.0 Å². The highest BCUT2D eigenvalue weighted by atomic mass is 32.1. The van der Waals surface area contributed by atoms with Crippen molar-refractivity contribution in [3.05, 3.63) is 16.1 Å². The minimum Gasteiger partial charge on any atom is -0.326 e. The van der Waals surface area contributed by atoms with Crippen LogP contribution in [0.25, 0.3) is 0 Å². The van der Waals surface area contributed by atoms with Crippen LogP contribution in [0.1, 0.15) is 23.9 Å². The van der Waals surface area contributed by atoms with Crippen molar-refractivity contribution in [2.45, 2.75) is 32.7 Å². The Kier molecular flexibility index (Phi) is 3.95. The van der Waals surface area contributed by atoms with Crippen LogP contribution < -0.4 is 5.73 Å². The molecule has 3 nitrogen and oxygen atoms in total. The summed E-state index contributed by atoms with van der Waals surface area (Å²) in [5, 5.41) is 0. The van der Waals surface area contributed by atoms with Gasteiger partial charge in [0.05, 0.1) is 11.2 Å². The fourth-order valence-corrected chi connectivity index (χ4v) is 2.97. The first-order valence-electron chi connectivity index (χ1n) is 6.03. The van der Waals surface area contributed by atoms with Crippen LogP contribution in [0, 0.1) is 12.8 Å². The molecule has 0 spiro atoms. The van der Waals surface area contributed by atoms with E-state index in [2.05, 4.69) is 23.7 Å². The topological polar surface area (TPSA) is 42.2 Å². The van der Waals surface area contributed by atoms with Crippen LogP contribution in [0.3, 0.4) is 0 Å². The van der Waals surface area contributed by atoms with Crippen molar-refractivity contribution >= 4 is 11.3 Å². The van der Waals surface area contributed by atoms with Crippen LogP contribution in [0.5, 0.6) is 0 Å². The number of nitrogens with two attached hydrogens (primary N) is 1. The molecule has 1 aromatic heterocycles. The van der Waals surface area contributed by atoms with Gasteiger partial charge in [0.15, 0.2) is 0 Å². The summed E-state index contributed by atoms with van der Waals surface area (Å²) in [7, 11) is 0. The van der Waals surface area contributed by atoms with Crippen molar-refractivity contribution in [2.75, 3.05) is 19.6 Å². The molecule has 1 saturated heterocycles. The van der Waals surface area contributed by atoms with Crippen molar-refractivity contribution < 1.29 is 0 Å². The normalized spacial score (nSPS) is 27.2. The number of aromatic nitrogens is 1. The number of piperidine rings is 1. The van der Waals surface area contributed by atoms with E-state index >= 15 is 0 Å². The lowest BCUT2D eigenvalue weighted by Gasteiger charge is -2.34. The molecular weight excluding hydrogens is 218 g/mol. The van der Waals surface area contributed by atoms with Gasteiger partial charge in [-0.1, -0.05) is 6.92 Å². The van der Waals surface area contributed by atoms with Crippen molar-refractivity contribution in [1.29, 1.82) is 0 Å². The molecule has 0 radical (unpaired) electrons. The van der Waals surface area contributed by atoms with E-state index in [0.717, 1.165) is 19.5 Å². The highest BCUT2D eigenvalue weighted by Gasteiger charge is 2.22. The van der Waals surface area contributed by atoms with Gasteiger partial charge in [0.2, 0.25) is 0 Å². The lowest BCUT2D eigenvalue weighted by molar-refractivity contribution is 0.171. The van der Waals surface area contributed by atoms with Gasteiger partial charge in [0.1, 0.15) is 0 Å². The molecule has 4 heteroatoms. The second kappa shape index (κ2) is 5.25. The van der Waals surface area contributed by atoms with Crippen molar-refractivity contribution in [2.24, 2.45) is 11.7 Å². The molecule has 2 unspecified atom stereocenters. The Morgan fingerprint density at radius 1 is 1.62 bits per heavy atom. The highest BCUT2D eigenvalue weighted by Crippen LogP contribution is 2.17. The maximum atomic E-state index is 6.10. The number of nitrogens with zero attached hydrogens (tertiary/aromatic N) is 2. The summed E-state index contributed by atoms with van der Waals surface area (Å²) in [4.78, 5) is 8.20. The van der Waals surface area contributed by atoms with E-state index in [4.69, 9.17) is 5.73 Å². The van der Waals surface area contributed by atoms with Crippen molar-refractivity contribution in [3.63, 3.8) is 0 Å². The molecule has 1 aliphatic heterocycles. The van der Waals surface area contributed by atoms with E-state index in [9.17, 15) is 0 Å². The molecule has 2 rings (SSSR count). The highest BCUT2D eigenvalue weighted by molar-refractivity contribution is 7.09. The molecule has 2 atom stereocenters. The van der Waals surface area contributed by atoms with Gasteiger partial charge in [0.25, 0.3) is 0 Å². The summed E-state index contributed by atoms with van der Waals surface area (Å²) in [6.07, 6.45) is 2.36. The Bertz CT molecular complexity index is 337. The third kappa shape index (κ3) is 2.81. The summed E-state index contributed by atoms with van der Waals surface area (Å²) >= 11 is 1.77. The smallest absolute Gasteiger partial charge is 0.0797 e. The standard InChI is InChI=1S/C12H21N3S/c1-9-3-5-15(7-11(9)13)6-4-12-10(2)14-8-16-12/h8-9,11H,3-7,13H2,1-2H3. The zero-order chi connectivity index (χ0) is 11.5. The maximum absolute atomic E-state index is 6.10. The second-order valence-corrected chi connectivity index (χ2v) is 5.78. The molecule has 2 N–H and O–H groups in total. The van der Waals surface area contributed by atoms with Gasteiger partial charge in [-0.15, -0.1) is 11.3 Å². The largest absolute Gasteiger partial charge is 0.326 e. The van der Waals surface area contributed by atoms with E-state index in [1.54, 1.807) is 11.3 Å². The zero-order valence-corrected chi connectivity index (χ0v) is 11.0. The van der Waals surface area contributed by atoms with Gasteiger partial charge in [-0.25, -0.2) is 4.98 Å². The number of hydrogen-bond acceptors (Lipinski definition) is 4. The average molecular weight is 239 g/mol. The predicted octanol–water partition coefficient (Wildman–Crippen LogP) is 1.66. The lowest BCUT2D eigenvalue weighted by atomic mass is 9.94. The summed E-state index contributed by atoms with van der Waals surface area (Å²) in [5.74, 6) is 0.682. The zero-order valence-electron chi connectivity index (χ0n) is 10.1. The predicted molar refractivity (Wildman–Crippen MR) is 68.8 cm³/mol. The van der Waals surface area contributed by atoms with Crippen LogP contribution >= 0.6 is 11.3 Å². The van der Waals surface area contributed by atoms with Gasteiger partial charge in [-0.05, 0) is 32.2 Å². The number of thiazole rings is 1. The van der Waals surface area contributed by atoms with Gasteiger partial charge in [-0.3, -0.25) is 0 Å². The monoisotopic (exact) mass is 239 g/mol. The molecule has 0 aliphatic carbocycles. The van der Waals surface area contributed by atoms with Gasteiger partial charge in [-0.2, -0.15) is 0 Å².